The van der Waals surface area contributed by atoms with Gasteiger partial charge in [-0.15, -0.1) is 11.3 Å². The summed E-state index contributed by atoms with van der Waals surface area (Å²) in [5.41, 5.74) is 0.879. The smallest absolute Gasteiger partial charge is 0.328 e. The third kappa shape index (κ3) is 3.62. The van der Waals surface area contributed by atoms with Crippen LogP contribution in [0.15, 0.2) is 36.4 Å². The van der Waals surface area contributed by atoms with E-state index in [0.717, 1.165) is 10.4 Å². The zero-order valence-corrected chi connectivity index (χ0v) is 13.1. The fourth-order valence-corrected chi connectivity index (χ4v) is 3.01. The van der Waals surface area contributed by atoms with Crippen molar-refractivity contribution in [2.24, 2.45) is 0 Å². The average molecular weight is 324 g/mol. The molecule has 0 spiro atoms. The van der Waals surface area contributed by atoms with Crippen LogP contribution in [0.5, 0.6) is 0 Å². The van der Waals surface area contributed by atoms with Crippen molar-refractivity contribution >= 4 is 34.8 Å². The lowest BCUT2D eigenvalue weighted by Crippen LogP contribution is -2.38. The standard InChI is InChI=1S/C15H14ClNO3S/c1-9(15(19)20-2)17-14(18)13-8-7-12(21-13)10-5-3-4-6-11(10)16/h3-9H,1-2H3,(H,17,18)/t9-/m1/s1. The van der Waals surface area contributed by atoms with Crippen LogP contribution in [0.1, 0.15) is 16.6 Å². The van der Waals surface area contributed by atoms with Crippen LogP contribution in [0.2, 0.25) is 5.02 Å². The Bertz CT molecular complexity index is 668. The van der Waals surface area contributed by atoms with Crippen molar-refractivity contribution in [3.63, 3.8) is 0 Å². The highest BCUT2D eigenvalue weighted by atomic mass is 35.5. The Hall–Kier alpha value is -1.85. The number of nitrogens with one attached hydrogen (secondary N) is 1. The molecule has 0 radical (unpaired) electrons. The summed E-state index contributed by atoms with van der Waals surface area (Å²) in [6.07, 6.45) is 0. The van der Waals surface area contributed by atoms with Crippen molar-refractivity contribution in [3.05, 3.63) is 46.3 Å². The molecule has 0 saturated heterocycles. The number of ether oxygens (including phenoxy) is 1. The van der Waals surface area contributed by atoms with Gasteiger partial charge in [-0.05, 0) is 25.1 Å². The van der Waals surface area contributed by atoms with Gasteiger partial charge in [-0.1, -0.05) is 29.8 Å². The summed E-state index contributed by atoms with van der Waals surface area (Å²) in [5, 5.41) is 3.22. The van der Waals surface area contributed by atoms with Crippen molar-refractivity contribution < 1.29 is 14.3 Å². The lowest BCUT2D eigenvalue weighted by Gasteiger charge is -2.10. The second-order valence-corrected chi connectivity index (χ2v) is 5.85. The summed E-state index contributed by atoms with van der Waals surface area (Å²) in [6, 6.07) is 10.3. The number of amides is 1. The molecule has 1 N–H and O–H groups in total. The fourth-order valence-electron chi connectivity index (χ4n) is 1.77. The molecular formula is C15H14ClNO3S. The lowest BCUT2D eigenvalue weighted by molar-refractivity contribution is -0.142. The van der Waals surface area contributed by atoms with Crippen LogP contribution >= 0.6 is 22.9 Å². The molecule has 1 amide bonds. The SMILES string of the molecule is COC(=O)[C@@H](C)NC(=O)c1ccc(-c2ccccc2Cl)s1. The number of halogens is 1. The largest absolute Gasteiger partial charge is 0.467 e. The van der Waals surface area contributed by atoms with Crippen molar-refractivity contribution in [1.29, 1.82) is 0 Å². The highest BCUT2D eigenvalue weighted by molar-refractivity contribution is 7.17. The number of carbonyl (C=O) groups excluding carboxylic acids is 2. The Morgan fingerprint density at radius 3 is 2.62 bits per heavy atom. The monoisotopic (exact) mass is 323 g/mol. The molecule has 0 bridgehead atoms. The van der Waals surface area contributed by atoms with Crippen LogP contribution in [-0.4, -0.2) is 25.0 Å². The molecule has 4 nitrogen and oxygen atoms in total. The Kier molecular flexibility index (Phi) is 4.98. The second-order valence-electron chi connectivity index (χ2n) is 4.36. The van der Waals surface area contributed by atoms with E-state index in [-0.39, 0.29) is 5.91 Å². The Labute approximate surface area is 131 Å². The molecule has 6 heteroatoms. The van der Waals surface area contributed by atoms with E-state index in [4.69, 9.17) is 11.6 Å². The third-order valence-electron chi connectivity index (χ3n) is 2.87. The molecule has 0 unspecified atom stereocenters. The molecule has 2 aromatic rings. The minimum Gasteiger partial charge on any atom is -0.467 e. The van der Waals surface area contributed by atoms with Gasteiger partial charge in [-0.2, -0.15) is 0 Å². The van der Waals surface area contributed by atoms with E-state index in [0.29, 0.717) is 9.90 Å². The first-order chi connectivity index (χ1) is 10.0. The van der Waals surface area contributed by atoms with E-state index in [2.05, 4.69) is 10.1 Å². The van der Waals surface area contributed by atoms with Crippen molar-refractivity contribution in [2.75, 3.05) is 7.11 Å². The minimum atomic E-state index is -0.687. The van der Waals surface area contributed by atoms with Gasteiger partial charge in [0.2, 0.25) is 0 Å². The first kappa shape index (κ1) is 15.5. The summed E-state index contributed by atoms with van der Waals surface area (Å²) >= 11 is 7.46. The van der Waals surface area contributed by atoms with Crippen molar-refractivity contribution in [3.8, 4) is 10.4 Å². The van der Waals surface area contributed by atoms with Crippen molar-refractivity contribution in [1.82, 2.24) is 5.32 Å². The van der Waals surface area contributed by atoms with Gasteiger partial charge >= 0.3 is 5.97 Å². The van der Waals surface area contributed by atoms with Crippen LogP contribution in [0.3, 0.4) is 0 Å². The van der Waals surface area contributed by atoms with E-state index in [1.807, 2.05) is 24.3 Å². The maximum Gasteiger partial charge on any atom is 0.328 e. The molecule has 0 saturated carbocycles. The fraction of sp³-hybridized carbons (Fsp3) is 0.200. The number of benzene rings is 1. The number of hydrogen-bond donors (Lipinski definition) is 1. The van der Waals surface area contributed by atoms with E-state index < -0.39 is 12.0 Å². The van der Waals surface area contributed by atoms with Crippen LogP contribution in [0.4, 0.5) is 0 Å². The van der Waals surface area contributed by atoms with Gasteiger partial charge in [0.25, 0.3) is 5.91 Å². The Morgan fingerprint density at radius 2 is 1.95 bits per heavy atom. The Balaban J connectivity index is 2.15. The predicted molar refractivity (Wildman–Crippen MR) is 83.7 cm³/mol. The Morgan fingerprint density at radius 1 is 1.24 bits per heavy atom. The highest BCUT2D eigenvalue weighted by Crippen LogP contribution is 2.33. The number of hydrogen-bond acceptors (Lipinski definition) is 4. The first-order valence-corrected chi connectivity index (χ1v) is 7.46. The molecule has 2 rings (SSSR count). The van der Waals surface area contributed by atoms with E-state index in [1.54, 1.807) is 19.1 Å². The minimum absolute atomic E-state index is 0.309. The van der Waals surface area contributed by atoms with E-state index >= 15 is 0 Å². The quantitative estimate of drug-likeness (QED) is 0.878. The lowest BCUT2D eigenvalue weighted by atomic mass is 10.2. The number of rotatable bonds is 4. The number of carbonyl (C=O) groups is 2. The van der Waals surface area contributed by atoms with Crippen LogP contribution < -0.4 is 5.32 Å². The number of methoxy groups -OCH3 is 1. The highest BCUT2D eigenvalue weighted by Gasteiger charge is 2.18. The molecule has 1 atom stereocenters. The van der Waals surface area contributed by atoms with Crippen LogP contribution in [0, 0.1) is 0 Å². The van der Waals surface area contributed by atoms with Gasteiger partial charge in [0.15, 0.2) is 0 Å². The van der Waals surface area contributed by atoms with Crippen LogP contribution in [-0.2, 0) is 9.53 Å². The molecule has 21 heavy (non-hydrogen) atoms. The number of thiophene rings is 1. The number of esters is 1. The topological polar surface area (TPSA) is 55.4 Å². The zero-order chi connectivity index (χ0) is 15.4. The summed E-state index contributed by atoms with van der Waals surface area (Å²) in [4.78, 5) is 24.8. The summed E-state index contributed by atoms with van der Waals surface area (Å²) < 4.78 is 4.57. The maximum absolute atomic E-state index is 12.1. The normalized spacial score (nSPS) is 11.8. The molecular weight excluding hydrogens is 310 g/mol. The van der Waals surface area contributed by atoms with Gasteiger partial charge in [0, 0.05) is 15.5 Å². The predicted octanol–water partition coefficient (Wildman–Crippen LogP) is 3.36. The molecule has 110 valence electrons. The molecule has 1 heterocycles. The van der Waals surface area contributed by atoms with Gasteiger partial charge in [-0.25, -0.2) is 4.79 Å². The van der Waals surface area contributed by atoms with E-state index in [1.165, 1.54) is 18.4 Å². The third-order valence-corrected chi connectivity index (χ3v) is 4.32. The zero-order valence-electron chi connectivity index (χ0n) is 11.6. The molecule has 0 aliphatic carbocycles. The summed E-state index contributed by atoms with van der Waals surface area (Å²) in [6.45, 7) is 1.58. The van der Waals surface area contributed by atoms with E-state index in [9.17, 15) is 9.59 Å². The molecule has 0 aliphatic heterocycles. The van der Waals surface area contributed by atoms with Crippen molar-refractivity contribution in [2.45, 2.75) is 13.0 Å². The van der Waals surface area contributed by atoms with Gasteiger partial charge in [-0.3, -0.25) is 4.79 Å². The molecule has 0 aliphatic rings. The molecule has 1 aromatic heterocycles. The second kappa shape index (κ2) is 6.74. The van der Waals surface area contributed by atoms with Gasteiger partial charge in [0.05, 0.1) is 12.0 Å². The van der Waals surface area contributed by atoms with Crippen LogP contribution in [0.25, 0.3) is 10.4 Å². The summed E-state index contributed by atoms with van der Waals surface area (Å²) in [5.74, 6) is -0.789. The summed E-state index contributed by atoms with van der Waals surface area (Å²) in [7, 11) is 1.28. The first-order valence-electron chi connectivity index (χ1n) is 6.26. The average Bonchev–Trinajstić information content (AvgIpc) is 2.96. The van der Waals surface area contributed by atoms with Gasteiger partial charge in [0.1, 0.15) is 6.04 Å². The maximum atomic E-state index is 12.1. The molecule has 1 aromatic carbocycles. The molecule has 0 fully saturated rings. The van der Waals surface area contributed by atoms with Gasteiger partial charge < -0.3 is 10.1 Å².